The Morgan fingerprint density at radius 2 is 1.70 bits per heavy atom. The van der Waals surface area contributed by atoms with E-state index in [9.17, 15) is 0 Å². The minimum Gasteiger partial charge on any atom is -0.381 e. The SMILES string of the molecule is Cc1ccccc1CNc1ccc(CN2CCC(C)CC2)cc1. The minimum atomic E-state index is 0.885. The lowest BCUT2D eigenvalue weighted by Crippen LogP contribution is -2.32. The lowest BCUT2D eigenvalue weighted by atomic mass is 9.99. The summed E-state index contributed by atoms with van der Waals surface area (Å²) in [6.45, 7) is 9.00. The molecule has 1 N–H and O–H groups in total. The van der Waals surface area contributed by atoms with Crippen molar-refractivity contribution in [3.8, 4) is 0 Å². The predicted octanol–water partition coefficient (Wildman–Crippen LogP) is 4.84. The van der Waals surface area contributed by atoms with Gasteiger partial charge in [-0.15, -0.1) is 0 Å². The highest BCUT2D eigenvalue weighted by molar-refractivity contribution is 5.45. The Morgan fingerprint density at radius 1 is 1.00 bits per heavy atom. The van der Waals surface area contributed by atoms with Crippen molar-refractivity contribution in [3.05, 3.63) is 65.2 Å². The maximum atomic E-state index is 3.52. The molecule has 0 unspecified atom stereocenters. The topological polar surface area (TPSA) is 15.3 Å². The van der Waals surface area contributed by atoms with Crippen LogP contribution in [0.1, 0.15) is 36.5 Å². The average molecular weight is 308 g/mol. The molecule has 23 heavy (non-hydrogen) atoms. The third-order valence-electron chi connectivity index (χ3n) is 4.98. The van der Waals surface area contributed by atoms with Gasteiger partial charge in [-0.25, -0.2) is 0 Å². The Balaban J connectivity index is 1.52. The van der Waals surface area contributed by atoms with E-state index in [1.807, 2.05) is 0 Å². The summed E-state index contributed by atoms with van der Waals surface area (Å²) in [6.07, 6.45) is 2.69. The summed E-state index contributed by atoms with van der Waals surface area (Å²) < 4.78 is 0. The molecule has 2 aromatic rings. The van der Waals surface area contributed by atoms with Crippen LogP contribution >= 0.6 is 0 Å². The van der Waals surface area contributed by atoms with E-state index in [4.69, 9.17) is 0 Å². The smallest absolute Gasteiger partial charge is 0.0403 e. The molecule has 0 bridgehead atoms. The number of rotatable bonds is 5. The molecular weight excluding hydrogens is 280 g/mol. The zero-order valence-corrected chi connectivity index (χ0v) is 14.4. The Bertz CT molecular complexity index is 610. The van der Waals surface area contributed by atoms with E-state index in [-0.39, 0.29) is 0 Å². The molecule has 1 saturated heterocycles. The fraction of sp³-hybridized carbons (Fsp3) is 0.429. The first-order valence-corrected chi connectivity index (χ1v) is 8.80. The Kier molecular flexibility index (Phi) is 5.35. The Morgan fingerprint density at radius 3 is 2.39 bits per heavy atom. The zero-order chi connectivity index (χ0) is 16.1. The standard InChI is InChI=1S/C21H28N2/c1-17-11-13-23(14-12-17)16-19-7-9-21(10-8-19)22-15-20-6-4-3-5-18(20)2/h3-10,17,22H,11-16H2,1-2H3. The Hall–Kier alpha value is -1.80. The molecule has 0 aliphatic carbocycles. The first-order chi connectivity index (χ1) is 11.2. The minimum absolute atomic E-state index is 0.885. The van der Waals surface area contributed by atoms with Crippen molar-refractivity contribution in [2.75, 3.05) is 18.4 Å². The van der Waals surface area contributed by atoms with Crippen molar-refractivity contribution in [1.29, 1.82) is 0 Å². The molecule has 1 fully saturated rings. The quantitative estimate of drug-likeness (QED) is 0.850. The number of piperidine rings is 1. The van der Waals surface area contributed by atoms with Gasteiger partial charge in [0.15, 0.2) is 0 Å². The van der Waals surface area contributed by atoms with Gasteiger partial charge in [0, 0.05) is 18.8 Å². The van der Waals surface area contributed by atoms with Gasteiger partial charge < -0.3 is 5.32 Å². The second-order valence-corrected chi connectivity index (χ2v) is 6.94. The number of hydrogen-bond acceptors (Lipinski definition) is 2. The number of nitrogens with zero attached hydrogens (tertiary/aromatic N) is 1. The highest BCUT2D eigenvalue weighted by Gasteiger charge is 2.15. The Labute approximate surface area is 140 Å². The number of anilines is 1. The van der Waals surface area contributed by atoms with Gasteiger partial charge in [0.1, 0.15) is 0 Å². The van der Waals surface area contributed by atoms with Gasteiger partial charge in [-0.05, 0) is 67.6 Å². The van der Waals surface area contributed by atoms with Crippen LogP contribution in [0.3, 0.4) is 0 Å². The predicted molar refractivity (Wildman–Crippen MR) is 98.6 cm³/mol. The van der Waals surface area contributed by atoms with Crippen LogP contribution in [0, 0.1) is 12.8 Å². The summed E-state index contributed by atoms with van der Waals surface area (Å²) in [6, 6.07) is 17.5. The molecule has 0 atom stereocenters. The van der Waals surface area contributed by atoms with Crippen molar-refractivity contribution < 1.29 is 0 Å². The van der Waals surface area contributed by atoms with Crippen molar-refractivity contribution in [2.45, 2.75) is 39.8 Å². The van der Waals surface area contributed by atoms with E-state index >= 15 is 0 Å². The maximum absolute atomic E-state index is 3.52. The van der Waals surface area contributed by atoms with Gasteiger partial charge in [0.05, 0.1) is 0 Å². The fourth-order valence-electron chi connectivity index (χ4n) is 3.21. The van der Waals surface area contributed by atoms with E-state index in [0.717, 1.165) is 19.0 Å². The second kappa shape index (κ2) is 7.65. The first kappa shape index (κ1) is 16.1. The molecule has 2 nitrogen and oxygen atoms in total. The molecule has 3 rings (SSSR count). The van der Waals surface area contributed by atoms with Crippen LogP contribution in [0.2, 0.25) is 0 Å². The summed E-state index contributed by atoms with van der Waals surface area (Å²) in [5.74, 6) is 0.902. The number of aryl methyl sites for hydroxylation is 1. The summed E-state index contributed by atoms with van der Waals surface area (Å²) >= 11 is 0. The fourth-order valence-corrected chi connectivity index (χ4v) is 3.21. The monoisotopic (exact) mass is 308 g/mol. The molecule has 0 saturated carbocycles. The van der Waals surface area contributed by atoms with Crippen molar-refractivity contribution >= 4 is 5.69 Å². The average Bonchev–Trinajstić information content (AvgIpc) is 2.58. The van der Waals surface area contributed by atoms with Crippen molar-refractivity contribution in [1.82, 2.24) is 4.90 Å². The molecule has 1 heterocycles. The first-order valence-electron chi connectivity index (χ1n) is 8.80. The van der Waals surface area contributed by atoms with Crippen LogP contribution in [0.5, 0.6) is 0 Å². The summed E-state index contributed by atoms with van der Waals surface area (Å²) in [7, 11) is 0. The molecule has 1 aliphatic rings. The largest absolute Gasteiger partial charge is 0.381 e. The molecule has 2 heteroatoms. The maximum Gasteiger partial charge on any atom is 0.0403 e. The van der Waals surface area contributed by atoms with Crippen LogP contribution in [-0.4, -0.2) is 18.0 Å². The van der Waals surface area contributed by atoms with Crippen LogP contribution in [-0.2, 0) is 13.1 Å². The van der Waals surface area contributed by atoms with Gasteiger partial charge >= 0.3 is 0 Å². The number of nitrogens with one attached hydrogen (secondary N) is 1. The molecule has 1 aliphatic heterocycles. The van der Waals surface area contributed by atoms with E-state index < -0.39 is 0 Å². The number of likely N-dealkylation sites (tertiary alicyclic amines) is 1. The number of hydrogen-bond donors (Lipinski definition) is 1. The molecule has 2 aromatic carbocycles. The molecule has 0 amide bonds. The van der Waals surface area contributed by atoms with Crippen LogP contribution in [0.4, 0.5) is 5.69 Å². The van der Waals surface area contributed by atoms with E-state index in [2.05, 4.69) is 72.6 Å². The van der Waals surface area contributed by atoms with Gasteiger partial charge in [0.2, 0.25) is 0 Å². The van der Waals surface area contributed by atoms with Gasteiger partial charge in [-0.3, -0.25) is 4.90 Å². The zero-order valence-electron chi connectivity index (χ0n) is 14.4. The third kappa shape index (κ3) is 4.59. The molecule has 0 aromatic heterocycles. The summed E-state index contributed by atoms with van der Waals surface area (Å²) in [4.78, 5) is 2.58. The normalized spacial score (nSPS) is 16.4. The van der Waals surface area contributed by atoms with Crippen molar-refractivity contribution in [3.63, 3.8) is 0 Å². The molecular formula is C21H28N2. The van der Waals surface area contributed by atoms with Gasteiger partial charge in [-0.2, -0.15) is 0 Å². The summed E-state index contributed by atoms with van der Waals surface area (Å²) in [5.41, 5.74) is 5.32. The summed E-state index contributed by atoms with van der Waals surface area (Å²) in [5, 5.41) is 3.52. The van der Waals surface area contributed by atoms with Crippen LogP contribution in [0.15, 0.2) is 48.5 Å². The number of benzene rings is 2. The molecule has 122 valence electrons. The lowest BCUT2D eigenvalue weighted by Gasteiger charge is -2.30. The highest BCUT2D eigenvalue weighted by atomic mass is 15.1. The van der Waals surface area contributed by atoms with Crippen molar-refractivity contribution in [2.24, 2.45) is 5.92 Å². The van der Waals surface area contributed by atoms with E-state index in [1.165, 1.54) is 48.3 Å². The third-order valence-corrected chi connectivity index (χ3v) is 4.98. The molecule has 0 spiro atoms. The lowest BCUT2D eigenvalue weighted by molar-refractivity contribution is 0.185. The molecule has 0 radical (unpaired) electrons. The van der Waals surface area contributed by atoms with Crippen LogP contribution < -0.4 is 5.32 Å². The van der Waals surface area contributed by atoms with E-state index in [1.54, 1.807) is 0 Å². The van der Waals surface area contributed by atoms with Gasteiger partial charge in [0.25, 0.3) is 0 Å². The van der Waals surface area contributed by atoms with E-state index in [0.29, 0.717) is 0 Å². The highest BCUT2D eigenvalue weighted by Crippen LogP contribution is 2.19. The second-order valence-electron chi connectivity index (χ2n) is 6.94. The van der Waals surface area contributed by atoms with Crippen LogP contribution in [0.25, 0.3) is 0 Å². The van der Waals surface area contributed by atoms with Gasteiger partial charge in [-0.1, -0.05) is 43.3 Å².